The van der Waals surface area contributed by atoms with Gasteiger partial charge in [-0.15, -0.1) is 0 Å². The van der Waals surface area contributed by atoms with Gasteiger partial charge in [-0.2, -0.15) is 0 Å². The standard InChI is InChI=1S/C17H29NO4/c1-5-6-7-8-9-10-11-12-15(19)17(22,13-16(20)21)14-18(2,3)4/h9-12,22H,5-8,13-14H2,1-4H3/b10-9+,12-11-. The Hall–Kier alpha value is -1.46. The molecular formula is C17H29NO4. The first kappa shape index (κ1) is 20.5. The fraction of sp³-hybridized carbons (Fsp3) is 0.647. The highest BCUT2D eigenvalue weighted by Crippen LogP contribution is 2.16. The molecule has 0 fully saturated rings. The van der Waals surface area contributed by atoms with E-state index in [1.165, 1.54) is 12.5 Å². The SMILES string of the molecule is CCCCC/C=C/C=C\C(=O)C(O)(CC(=O)[O-])C[N+](C)(C)C. The second kappa shape index (κ2) is 9.54. The number of hydrogen-bond donors (Lipinski definition) is 1. The number of ketones is 1. The fourth-order valence-electron chi connectivity index (χ4n) is 2.23. The molecule has 0 spiro atoms. The van der Waals surface area contributed by atoms with E-state index in [0.29, 0.717) is 0 Å². The van der Waals surface area contributed by atoms with E-state index in [9.17, 15) is 19.8 Å². The number of carboxylic acid groups (broad SMARTS) is 1. The van der Waals surface area contributed by atoms with Crippen LogP contribution in [0.4, 0.5) is 0 Å². The number of quaternary nitrogens is 1. The van der Waals surface area contributed by atoms with Crippen molar-refractivity contribution in [1.82, 2.24) is 0 Å². The van der Waals surface area contributed by atoms with Gasteiger partial charge in [0.15, 0.2) is 11.4 Å². The van der Waals surface area contributed by atoms with E-state index in [-0.39, 0.29) is 11.0 Å². The van der Waals surface area contributed by atoms with Gasteiger partial charge in [0.05, 0.1) is 21.1 Å². The fourth-order valence-corrected chi connectivity index (χ4v) is 2.23. The number of hydrogen-bond acceptors (Lipinski definition) is 4. The van der Waals surface area contributed by atoms with E-state index >= 15 is 0 Å². The number of carboxylic acids is 1. The lowest BCUT2D eigenvalue weighted by atomic mass is 9.92. The molecule has 0 aromatic carbocycles. The molecule has 0 radical (unpaired) electrons. The highest BCUT2D eigenvalue weighted by Gasteiger charge is 2.39. The first-order valence-corrected chi connectivity index (χ1v) is 7.71. The Labute approximate surface area is 133 Å². The molecule has 0 saturated heterocycles. The van der Waals surface area contributed by atoms with Gasteiger partial charge >= 0.3 is 0 Å². The van der Waals surface area contributed by atoms with Gasteiger partial charge in [-0.3, -0.25) is 4.79 Å². The van der Waals surface area contributed by atoms with Crippen LogP contribution < -0.4 is 5.11 Å². The Bertz CT molecular complexity index is 421. The molecule has 5 nitrogen and oxygen atoms in total. The van der Waals surface area contributed by atoms with Gasteiger partial charge < -0.3 is 19.5 Å². The van der Waals surface area contributed by atoms with Crippen molar-refractivity contribution in [3.63, 3.8) is 0 Å². The number of rotatable bonds is 11. The van der Waals surface area contributed by atoms with Gasteiger partial charge in [-0.05, 0) is 18.9 Å². The molecule has 5 heteroatoms. The van der Waals surface area contributed by atoms with E-state index in [1.54, 1.807) is 33.3 Å². The molecule has 0 saturated carbocycles. The second-order valence-corrected chi connectivity index (χ2v) is 6.68. The largest absolute Gasteiger partial charge is 0.550 e. The quantitative estimate of drug-likeness (QED) is 0.265. The summed E-state index contributed by atoms with van der Waals surface area (Å²) in [5, 5.41) is 21.2. The molecule has 0 aliphatic rings. The van der Waals surface area contributed by atoms with E-state index < -0.39 is 23.8 Å². The van der Waals surface area contributed by atoms with Crippen molar-refractivity contribution in [3.05, 3.63) is 24.3 Å². The molecule has 0 aromatic heterocycles. The maximum absolute atomic E-state index is 12.1. The molecular weight excluding hydrogens is 282 g/mol. The van der Waals surface area contributed by atoms with Crippen molar-refractivity contribution in [2.24, 2.45) is 0 Å². The molecule has 1 N–H and O–H groups in total. The van der Waals surface area contributed by atoms with Crippen LogP contribution in [0.15, 0.2) is 24.3 Å². The number of aliphatic hydroxyl groups is 1. The molecule has 126 valence electrons. The van der Waals surface area contributed by atoms with E-state index in [1.807, 2.05) is 6.08 Å². The Morgan fingerprint density at radius 1 is 1.18 bits per heavy atom. The van der Waals surface area contributed by atoms with E-state index in [2.05, 4.69) is 6.92 Å². The van der Waals surface area contributed by atoms with Crippen LogP contribution in [0.3, 0.4) is 0 Å². The molecule has 0 aliphatic heterocycles. The first-order valence-electron chi connectivity index (χ1n) is 7.71. The molecule has 22 heavy (non-hydrogen) atoms. The summed E-state index contributed by atoms with van der Waals surface area (Å²) in [5.41, 5.74) is -1.94. The number of aliphatic carboxylic acids is 1. The summed E-state index contributed by atoms with van der Waals surface area (Å²) in [4.78, 5) is 23.0. The predicted molar refractivity (Wildman–Crippen MR) is 84.9 cm³/mol. The van der Waals surface area contributed by atoms with Gasteiger partial charge in [0, 0.05) is 12.4 Å². The summed E-state index contributed by atoms with van der Waals surface area (Å²) < 4.78 is 0.274. The predicted octanol–water partition coefficient (Wildman–Crippen LogP) is 0.825. The van der Waals surface area contributed by atoms with Crippen molar-refractivity contribution in [1.29, 1.82) is 0 Å². The minimum absolute atomic E-state index is 0.00433. The zero-order valence-electron chi connectivity index (χ0n) is 14.2. The van der Waals surface area contributed by atoms with Gasteiger partial charge in [0.25, 0.3) is 0 Å². The van der Waals surface area contributed by atoms with Gasteiger partial charge in [0.2, 0.25) is 0 Å². The zero-order valence-corrected chi connectivity index (χ0v) is 14.2. The summed E-state index contributed by atoms with van der Waals surface area (Å²) in [5.74, 6) is -2.05. The summed E-state index contributed by atoms with van der Waals surface area (Å²) >= 11 is 0. The molecule has 1 unspecified atom stereocenters. The number of likely N-dealkylation sites (N-methyl/N-ethyl adjacent to an activating group) is 1. The molecule has 0 amide bonds. The number of allylic oxidation sites excluding steroid dienone is 3. The molecule has 0 bridgehead atoms. The smallest absolute Gasteiger partial charge is 0.193 e. The second-order valence-electron chi connectivity index (χ2n) is 6.68. The average molecular weight is 311 g/mol. The van der Waals surface area contributed by atoms with Crippen molar-refractivity contribution >= 4 is 11.8 Å². The Morgan fingerprint density at radius 2 is 1.82 bits per heavy atom. The zero-order chi connectivity index (χ0) is 17.2. The van der Waals surface area contributed by atoms with Crippen LogP contribution in [-0.2, 0) is 9.59 Å². The maximum atomic E-state index is 12.1. The Morgan fingerprint density at radius 3 is 2.32 bits per heavy atom. The van der Waals surface area contributed by atoms with Crippen LogP contribution in [0.2, 0.25) is 0 Å². The molecule has 0 aromatic rings. The van der Waals surface area contributed by atoms with Crippen molar-refractivity contribution in [2.45, 2.75) is 44.6 Å². The normalized spacial score (nSPS) is 15.3. The number of carbonyl (C=O) groups excluding carboxylic acids is 2. The monoisotopic (exact) mass is 311 g/mol. The Kier molecular flexibility index (Phi) is 8.90. The number of carbonyl (C=O) groups is 2. The summed E-state index contributed by atoms with van der Waals surface area (Å²) in [6.45, 7) is 2.14. The highest BCUT2D eigenvalue weighted by molar-refractivity contribution is 5.99. The number of nitrogens with zero attached hydrogens (tertiary/aromatic N) is 1. The van der Waals surface area contributed by atoms with Crippen LogP contribution in [-0.4, -0.2) is 54.6 Å². The highest BCUT2D eigenvalue weighted by atomic mass is 16.4. The molecule has 0 rings (SSSR count). The third-order valence-electron chi connectivity index (χ3n) is 3.10. The van der Waals surface area contributed by atoms with Gasteiger partial charge in [-0.25, -0.2) is 0 Å². The first-order chi connectivity index (χ1) is 10.1. The lowest BCUT2D eigenvalue weighted by molar-refractivity contribution is -0.875. The maximum Gasteiger partial charge on any atom is 0.193 e. The van der Waals surface area contributed by atoms with Crippen LogP contribution in [0.5, 0.6) is 0 Å². The lowest BCUT2D eigenvalue weighted by Gasteiger charge is -2.34. The van der Waals surface area contributed by atoms with Crippen LogP contribution in [0, 0.1) is 0 Å². The van der Waals surface area contributed by atoms with Crippen LogP contribution in [0.25, 0.3) is 0 Å². The van der Waals surface area contributed by atoms with E-state index in [4.69, 9.17) is 0 Å². The summed E-state index contributed by atoms with van der Waals surface area (Å²) in [6.07, 6.45) is 10.1. The van der Waals surface area contributed by atoms with E-state index in [0.717, 1.165) is 19.3 Å². The molecule has 0 aliphatic carbocycles. The topological polar surface area (TPSA) is 77.4 Å². The lowest BCUT2D eigenvalue weighted by Crippen LogP contribution is -2.55. The van der Waals surface area contributed by atoms with Crippen molar-refractivity contribution in [2.75, 3.05) is 27.7 Å². The van der Waals surface area contributed by atoms with Crippen molar-refractivity contribution in [3.8, 4) is 0 Å². The minimum atomic E-state index is -1.94. The third kappa shape index (κ3) is 9.47. The van der Waals surface area contributed by atoms with Crippen LogP contribution >= 0.6 is 0 Å². The minimum Gasteiger partial charge on any atom is -0.550 e. The van der Waals surface area contributed by atoms with Crippen LogP contribution in [0.1, 0.15) is 39.0 Å². The Balaban J connectivity index is 4.73. The van der Waals surface area contributed by atoms with Crippen molar-refractivity contribution < 1.29 is 24.3 Å². The summed E-state index contributed by atoms with van der Waals surface area (Å²) in [6, 6.07) is 0. The average Bonchev–Trinajstić information content (AvgIpc) is 2.34. The van der Waals surface area contributed by atoms with Gasteiger partial charge in [-0.1, -0.05) is 38.0 Å². The summed E-state index contributed by atoms with van der Waals surface area (Å²) in [7, 11) is 5.35. The van der Waals surface area contributed by atoms with Gasteiger partial charge in [0.1, 0.15) is 6.54 Å². The molecule has 1 atom stereocenters. The number of unbranched alkanes of at least 4 members (excludes halogenated alkanes) is 3. The molecule has 0 heterocycles. The third-order valence-corrected chi connectivity index (χ3v) is 3.10.